The van der Waals surface area contributed by atoms with E-state index in [1.807, 2.05) is 6.07 Å². The van der Waals surface area contributed by atoms with Crippen LogP contribution in [0.15, 0.2) is 12.1 Å². The molecule has 0 radical (unpaired) electrons. The fourth-order valence-corrected chi connectivity index (χ4v) is 3.65. The van der Waals surface area contributed by atoms with Gasteiger partial charge >= 0.3 is 0 Å². The third-order valence-corrected chi connectivity index (χ3v) is 5.27. The van der Waals surface area contributed by atoms with E-state index in [4.69, 9.17) is 21.9 Å². The Morgan fingerprint density at radius 1 is 1.15 bits per heavy atom. The molecule has 2 aromatic rings. The van der Waals surface area contributed by atoms with E-state index in [-0.39, 0.29) is 5.41 Å². The molecule has 0 spiro atoms. The molecule has 1 aliphatic rings. The zero-order chi connectivity index (χ0) is 19.1. The smallest absolute Gasteiger partial charge is 0.173 e. The molecule has 0 aliphatic carbocycles. The van der Waals surface area contributed by atoms with Crippen LogP contribution in [0.25, 0.3) is 11.0 Å². The largest absolute Gasteiger partial charge is 0.494 e. The van der Waals surface area contributed by atoms with Crippen LogP contribution in [0.1, 0.15) is 26.6 Å². The Morgan fingerprint density at radius 3 is 2.38 bits per heavy atom. The number of thiocarbonyl (C=S) groups is 1. The van der Waals surface area contributed by atoms with Crippen molar-refractivity contribution in [3.8, 4) is 5.75 Å². The highest BCUT2D eigenvalue weighted by molar-refractivity contribution is 7.80. The van der Waals surface area contributed by atoms with Crippen molar-refractivity contribution in [2.24, 2.45) is 7.05 Å². The van der Waals surface area contributed by atoms with Gasteiger partial charge in [-0.15, -0.1) is 0 Å². The fraction of sp³-hybridized carbons (Fsp3) is 0.579. The Morgan fingerprint density at radius 2 is 1.81 bits per heavy atom. The van der Waals surface area contributed by atoms with E-state index in [0.717, 1.165) is 59.6 Å². The number of aryl methyl sites for hydroxylation is 1. The topological polar surface area (TPSA) is 45.6 Å². The number of piperazine rings is 1. The molecule has 1 N–H and O–H groups in total. The summed E-state index contributed by atoms with van der Waals surface area (Å²) in [5.74, 6) is 1.81. The van der Waals surface area contributed by atoms with E-state index in [2.05, 4.69) is 60.6 Å². The fourth-order valence-electron chi connectivity index (χ4n) is 3.36. The highest BCUT2D eigenvalue weighted by Crippen LogP contribution is 2.33. The number of aromatic nitrogens is 2. The summed E-state index contributed by atoms with van der Waals surface area (Å²) in [5, 5.41) is 4.13. The van der Waals surface area contributed by atoms with Crippen molar-refractivity contribution < 1.29 is 4.74 Å². The van der Waals surface area contributed by atoms with E-state index in [9.17, 15) is 0 Å². The van der Waals surface area contributed by atoms with Gasteiger partial charge in [0.1, 0.15) is 11.6 Å². The maximum absolute atomic E-state index is 5.64. The summed E-state index contributed by atoms with van der Waals surface area (Å²) in [5.41, 5.74) is 2.86. The molecule has 0 amide bonds. The normalized spacial score (nSPS) is 16.2. The third-order valence-electron chi connectivity index (χ3n) is 4.90. The van der Waals surface area contributed by atoms with Crippen molar-refractivity contribution in [1.82, 2.24) is 19.4 Å². The van der Waals surface area contributed by atoms with Crippen LogP contribution >= 0.6 is 12.2 Å². The summed E-state index contributed by atoms with van der Waals surface area (Å²) in [4.78, 5) is 9.34. The Bertz CT molecular complexity index is 815. The van der Waals surface area contributed by atoms with Gasteiger partial charge in [0.25, 0.3) is 0 Å². The standard InChI is InChI=1S/C19H29N5OS/c1-19(2,3)17-20-13-12-16(25-6)14(11-15(13)23(17)5)21-18(26)24-9-7-22(4)8-10-24/h11-12H,7-10H2,1-6H3,(H,21,26). The van der Waals surface area contributed by atoms with Gasteiger partial charge in [-0.1, -0.05) is 20.8 Å². The van der Waals surface area contributed by atoms with Crippen molar-refractivity contribution in [3.63, 3.8) is 0 Å². The van der Waals surface area contributed by atoms with Crippen molar-refractivity contribution in [3.05, 3.63) is 18.0 Å². The van der Waals surface area contributed by atoms with Crippen LogP contribution in [0.4, 0.5) is 5.69 Å². The first-order chi connectivity index (χ1) is 12.2. The molecule has 1 saturated heterocycles. The van der Waals surface area contributed by atoms with E-state index in [1.165, 1.54) is 0 Å². The molecule has 0 saturated carbocycles. The van der Waals surface area contributed by atoms with Crippen LogP contribution < -0.4 is 10.1 Å². The number of fused-ring (bicyclic) bond motifs is 1. The number of methoxy groups -OCH3 is 1. The summed E-state index contributed by atoms with van der Waals surface area (Å²) in [6, 6.07) is 4.07. The molecule has 26 heavy (non-hydrogen) atoms. The maximum Gasteiger partial charge on any atom is 0.173 e. The molecule has 0 atom stereocenters. The summed E-state index contributed by atoms with van der Waals surface area (Å²) in [7, 11) is 5.88. The highest BCUT2D eigenvalue weighted by atomic mass is 32.1. The number of ether oxygens (including phenoxy) is 1. The number of nitrogens with one attached hydrogen (secondary N) is 1. The molecule has 0 unspecified atom stereocenters. The molecular weight excluding hydrogens is 346 g/mol. The van der Waals surface area contributed by atoms with E-state index < -0.39 is 0 Å². The first kappa shape index (κ1) is 18.9. The first-order valence-corrected chi connectivity index (χ1v) is 9.41. The third kappa shape index (κ3) is 3.64. The highest BCUT2D eigenvalue weighted by Gasteiger charge is 2.23. The minimum Gasteiger partial charge on any atom is -0.494 e. The predicted molar refractivity (Wildman–Crippen MR) is 111 cm³/mol. The Labute approximate surface area is 161 Å². The second kappa shape index (κ2) is 7.04. The molecule has 142 valence electrons. The number of likely N-dealkylation sites (N-methyl/N-ethyl adjacent to an activating group) is 1. The maximum atomic E-state index is 5.64. The van der Waals surface area contributed by atoms with Gasteiger partial charge < -0.3 is 24.4 Å². The lowest BCUT2D eigenvalue weighted by Crippen LogP contribution is -2.48. The second-order valence-corrected chi connectivity index (χ2v) is 8.39. The minimum atomic E-state index is -0.0241. The van der Waals surface area contributed by atoms with Crippen LogP contribution in [0.3, 0.4) is 0 Å². The second-order valence-electron chi connectivity index (χ2n) is 8.01. The summed E-state index contributed by atoms with van der Waals surface area (Å²) in [6.07, 6.45) is 0. The summed E-state index contributed by atoms with van der Waals surface area (Å²) < 4.78 is 7.75. The van der Waals surface area contributed by atoms with Gasteiger partial charge in [-0.05, 0) is 25.3 Å². The van der Waals surface area contributed by atoms with E-state index >= 15 is 0 Å². The van der Waals surface area contributed by atoms with Gasteiger partial charge in [0.05, 0.1) is 23.8 Å². The molecule has 1 aliphatic heterocycles. The molecule has 1 aromatic heterocycles. The lowest BCUT2D eigenvalue weighted by Gasteiger charge is -2.34. The number of imidazole rings is 1. The molecule has 1 aromatic carbocycles. The van der Waals surface area contributed by atoms with Crippen molar-refractivity contribution in [1.29, 1.82) is 0 Å². The predicted octanol–water partition coefficient (Wildman–Crippen LogP) is 2.82. The quantitative estimate of drug-likeness (QED) is 0.815. The summed E-state index contributed by atoms with van der Waals surface area (Å²) >= 11 is 5.64. The number of rotatable bonds is 2. The average molecular weight is 376 g/mol. The molecule has 6 nitrogen and oxygen atoms in total. The zero-order valence-electron chi connectivity index (χ0n) is 16.6. The SMILES string of the molecule is COc1cc2nc(C(C)(C)C)n(C)c2cc1NC(=S)N1CCN(C)CC1. The number of benzene rings is 1. The van der Waals surface area contributed by atoms with Crippen LogP contribution in [0, 0.1) is 0 Å². The van der Waals surface area contributed by atoms with E-state index in [1.54, 1.807) is 7.11 Å². The molecule has 7 heteroatoms. The van der Waals surface area contributed by atoms with Gasteiger partial charge in [-0.3, -0.25) is 0 Å². The average Bonchev–Trinajstić information content (AvgIpc) is 2.91. The molecular formula is C19H29N5OS. The van der Waals surface area contributed by atoms with Gasteiger partial charge in [0.2, 0.25) is 0 Å². The molecule has 1 fully saturated rings. The van der Waals surface area contributed by atoms with Crippen LogP contribution in [-0.2, 0) is 12.5 Å². The van der Waals surface area contributed by atoms with Gasteiger partial charge in [-0.2, -0.15) is 0 Å². The number of hydrogen-bond acceptors (Lipinski definition) is 4. The van der Waals surface area contributed by atoms with Crippen molar-refractivity contribution >= 4 is 34.1 Å². The van der Waals surface area contributed by atoms with Crippen LogP contribution in [0.2, 0.25) is 0 Å². The van der Waals surface area contributed by atoms with Crippen molar-refractivity contribution in [2.75, 3.05) is 45.7 Å². The van der Waals surface area contributed by atoms with Gasteiger partial charge in [0.15, 0.2) is 5.11 Å². The lowest BCUT2D eigenvalue weighted by atomic mass is 9.96. The van der Waals surface area contributed by atoms with Crippen LogP contribution in [-0.4, -0.2) is 64.8 Å². The Hall–Kier alpha value is -1.86. The number of nitrogens with zero attached hydrogens (tertiary/aromatic N) is 4. The molecule has 0 bridgehead atoms. The monoisotopic (exact) mass is 375 g/mol. The minimum absolute atomic E-state index is 0.0241. The molecule has 2 heterocycles. The Balaban J connectivity index is 1.92. The number of anilines is 1. The van der Waals surface area contributed by atoms with Gasteiger partial charge in [0, 0.05) is 44.7 Å². The first-order valence-electron chi connectivity index (χ1n) is 9.00. The Kier molecular flexibility index (Phi) is 5.12. The molecule has 3 rings (SSSR count). The van der Waals surface area contributed by atoms with E-state index in [0.29, 0.717) is 0 Å². The van der Waals surface area contributed by atoms with Crippen LogP contribution in [0.5, 0.6) is 5.75 Å². The van der Waals surface area contributed by atoms with Crippen molar-refractivity contribution in [2.45, 2.75) is 26.2 Å². The summed E-state index contributed by atoms with van der Waals surface area (Å²) in [6.45, 7) is 10.4. The zero-order valence-corrected chi connectivity index (χ0v) is 17.4. The number of hydrogen-bond donors (Lipinski definition) is 1. The lowest BCUT2D eigenvalue weighted by molar-refractivity contribution is 0.217. The van der Waals surface area contributed by atoms with Gasteiger partial charge in [-0.25, -0.2) is 4.98 Å².